The molecule has 2 heterocycles. The van der Waals surface area contributed by atoms with Crippen LogP contribution in [0.2, 0.25) is 0 Å². The minimum Gasteiger partial charge on any atom is -0.345 e. The molecule has 0 N–H and O–H groups in total. The maximum absolute atomic E-state index is 13.1. The third-order valence-electron chi connectivity index (χ3n) is 5.96. The van der Waals surface area contributed by atoms with E-state index in [9.17, 15) is 4.79 Å². The molecule has 0 aliphatic carbocycles. The van der Waals surface area contributed by atoms with Gasteiger partial charge in [0.2, 0.25) is 5.13 Å². The average Bonchev–Trinajstić information content (AvgIpc) is 3.19. The van der Waals surface area contributed by atoms with Gasteiger partial charge in [0.25, 0.3) is 5.91 Å². The first-order chi connectivity index (χ1) is 16.3. The van der Waals surface area contributed by atoms with Crippen molar-refractivity contribution in [1.29, 1.82) is 0 Å². The summed E-state index contributed by atoms with van der Waals surface area (Å²) in [5.41, 5.74) is 4.24. The van der Waals surface area contributed by atoms with Crippen molar-refractivity contribution in [3.63, 3.8) is 0 Å². The van der Waals surface area contributed by atoms with Crippen molar-refractivity contribution in [3.05, 3.63) is 102 Å². The topological polar surface area (TPSA) is 49.3 Å². The van der Waals surface area contributed by atoms with Crippen molar-refractivity contribution in [3.8, 4) is 11.1 Å². The van der Waals surface area contributed by atoms with Gasteiger partial charge in [-0.15, -0.1) is 0 Å². The molecule has 6 heteroatoms. The lowest BCUT2D eigenvalue weighted by Crippen LogP contribution is -2.35. The van der Waals surface area contributed by atoms with Gasteiger partial charge in [-0.25, -0.2) is 4.98 Å². The summed E-state index contributed by atoms with van der Waals surface area (Å²) in [7, 11) is 0. The van der Waals surface area contributed by atoms with Crippen molar-refractivity contribution in [2.75, 3.05) is 31.1 Å². The zero-order valence-corrected chi connectivity index (χ0v) is 19.2. The lowest BCUT2D eigenvalue weighted by atomic mass is 10.0. The Labute approximate surface area is 198 Å². The Bertz CT molecular complexity index is 1190. The Kier molecular flexibility index (Phi) is 6.44. The number of aromatic nitrogens is 2. The van der Waals surface area contributed by atoms with E-state index in [0.29, 0.717) is 6.54 Å². The summed E-state index contributed by atoms with van der Waals surface area (Å²) < 4.78 is 4.56. The van der Waals surface area contributed by atoms with Crippen molar-refractivity contribution < 1.29 is 4.79 Å². The number of nitrogens with zero attached hydrogens (tertiary/aromatic N) is 4. The number of amides is 1. The minimum absolute atomic E-state index is 0.0958. The Morgan fingerprint density at radius 3 is 2.24 bits per heavy atom. The molecule has 1 amide bonds. The molecule has 0 atom stereocenters. The van der Waals surface area contributed by atoms with E-state index < -0.39 is 0 Å². The molecule has 4 aromatic rings. The van der Waals surface area contributed by atoms with E-state index in [1.54, 1.807) is 0 Å². The number of carbonyl (C=O) groups is 1. The zero-order valence-electron chi connectivity index (χ0n) is 18.4. The largest absolute Gasteiger partial charge is 0.345 e. The fraction of sp³-hybridized carbons (Fsp3) is 0.222. The van der Waals surface area contributed by atoms with Gasteiger partial charge in [0.05, 0.1) is 0 Å². The summed E-state index contributed by atoms with van der Waals surface area (Å²) >= 11 is 1.45. The number of anilines is 1. The van der Waals surface area contributed by atoms with E-state index in [2.05, 4.69) is 33.5 Å². The fourth-order valence-electron chi connectivity index (χ4n) is 4.15. The van der Waals surface area contributed by atoms with Crippen LogP contribution in [0.3, 0.4) is 0 Å². The monoisotopic (exact) mass is 454 g/mol. The van der Waals surface area contributed by atoms with E-state index in [-0.39, 0.29) is 5.91 Å². The van der Waals surface area contributed by atoms with Gasteiger partial charge in [-0.2, -0.15) is 4.37 Å². The van der Waals surface area contributed by atoms with Gasteiger partial charge >= 0.3 is 0 Å². The molecule has 0 radical (unpaired) electrons. The van der Waals surface area contributed by atoms with E-state index in [4.69, 9.17) is 4.98 Å². The maximum atomic E-state index is 13.1. The summed E-state index contributed by atoms with van der Waals surface area (Å²) in [6.45, 7) is 3.10. The molecule has 3 aromatic carbocycles. The van der Waals surface area contributed by atoms with Crippen LogP contribution in [0.15, 0.2) is 84.9 Å². The molecule has 0 bridgehead atoms. The molecule has 0 unspecified atom stereocenters. The number of hydrogen-bond acceptors (Lipinski definition) is 5. The lowest BCUT2D eigenvalue weighted by Gasteiger charge is -2.21. The highest BCUT2D eigenvalue weighted by molar-refractivity contribution is 7.09. The molecule has 0 spiro atoms. The van der Waals surface area contributed by atoms with Gasteiger partial charge in [-0.1, -0.05) is 72.8 Å². The van der Waals surface area contributed by atoms with E-state index in [1.165, 1.54) is 17.1 Å². The quantitative estimate of drug-likeness (QED) is 0.419. The Morgan fingerprint density at radius 2 is 1.48 bits per heavy atom. The van der Waals surface area contributed by atoms with Gasteiger partial charge in [0, 0.05) is 49.7 Å². The lowest BCUT2D eigenvalue weighted by molar-refractivity contribution is 0.0767. The Morgan fingerprint density at radius 1 is 0.788 bits per heavy atom. The smallest absolute Gasteiger partial charge is 0.253 e. The summed E-state index contributed by atoms with van der Waals surface area (Å²) in [4.78, 5) is 22.1. The third kappa shape index (κ3) is 5.12. The summed E-state index contributed by atoms with van der Waals surface area (Å²) in [5, 5.41) is 0.947. The summed E-state index contributed by atoms with van der Waals surface area (Å²) in [5.74, 6) is 0.954. The van der Waals surface area contributed by atoms with Gasteiger partial charge in [0.15, 0.2) is 0 Å². The maximum Gasteiger partial charge on any atom is 0.253 e. The second-order valence-electron chi connectivity index (χ2n) is 8.23. The minimum atomic E-state index is 0.0958. The first-order valence-electron chi connectivity index (χ1n) is 11.3. The van der Waals surface area contributed by atoms with Crippen molar-refractivity contribution in [2.45, 2.75) is 12.8 Å². The van der Waals surface area contributed by atoms with Crippen molar-refractivity contribution in [1.82, 2.24) is 14.3 Å². The summed E-state index contributed by atoms with van der Waals surface area (Å²) in [6, 6.07) is 28.5. The predicted octanol–water partition coefficient (Wildman–Crippen LogP) is 5.15. The molecule has 1 aromatic heterocycles. The first kappa shape index (κ1) is 21.3. The molecule has 5 nitrogen and oxygen atoms in total. The Hall–Kier alpha value is -3.51. The van der Waals surface area contributed by atoms with Crippen LogP contribution in [0.5, 0.6) is 0 Å². The van der Waals surface area contributed by atoms with Crippen molar-refractivity contribution in [2.24, 2.45) is 0 Å². The van der Waals surface area contributed by atoms with Gasteiger partial charge in [-0.3, -0.25) is 4.79 Å². The molecule has 1 aliphatic rings. The highest BCUT2D eigenvalue weighted by atomic mass is 32.1. The average molecular weight is 455 g/mol. The SMILES string of the molecule is O=C(c1ccc(-c2ccccc2)cc1)N1CCCN(c2nc(Cc3ccccc3)ns2)CC1. The molecule has 33 heavy (non-hydrogen) atoms. The highest BCUT2D eigenvalue weighted by Gasteiger charge is 2.22. The van der Waals surface area contributed by atoms with Crippen molar-refractivity contribution >= 4 is 22.6 Å². The molecule has 1 saturated heterocycles. The van der Waals surface area contributed by atoms with Crippen LogP contribution in [0.25, 0.3) is 11.1 Å². The molecular weight excluding hydrogens is 428 g/mol. The number of carbonyl (C=O) groups excluding carboxylic acids is 1. The standard InChI is InChI=1S/C27H26N4OS/c32-26(24-14-12-23(13-15-24)22-10-5-2-6-11-22)30-16-7-17-31(19-18-30)27-28-25(29-33-27)20-21-8-3-1-4-9-21/h1-6,8-15H,7,16-20H2. The third-order valence-corrected chi connectivity index (χ3v) is 6.77. The van der Waals surface area contributed by atoms with Crippen LogP contribution in [-0.4, -0.2) is 46.3 Å². The van der Waals surface area contributed by atoms with Crippen LogP contribution in [0.4, 0.5) is 5.13 Å². The molecular formula is C27H26N4OS. The van der Waals surface area contributed by atoms with Crippen LogP contribution in [0.1, 0.15) is 28.2 Å². The fourth-order valence-corrected chi connectivity index (χ4v) is 4.89. The molecule has 166 valence electrons. The van der Waals surface area contributed by atoms with E-state index in [0.717, 1.165) is 60.1 Å². The molecule has 0 saturated carbocycles. The van der Waals surface area contributed by atoms with Crippen LogP contribution in [-0.2, 0) is 6.42 Å². The Balaban J connectivity index is 1.21. The summed E-state index contributed by atoms with van der Waals surface area (Å²) in [6.07, 6.45) is 1.66. The predicted molar refractivity (Wildman–Crippen MR) is 134 cm³/mol. The number of benzene rings is 3. The number of hydrogen-bond donors (Lipinski definition) is 0. The van der Waals surface area contributed by atoms with Crippen LogP contribution in [0, 0.1) is 0 Å². The second kappa shape index (κ2) is 9.96. The van der Waals surface area contributed by atoms with E-state index in [1.807, 2.05) is 65.6 Å². The van der Waals surface area contributed by atoms with Gasteiger partial charge in [-0.05, 0) is 35.2 Å². The second-order valence-corrected chi connectivity index (χ2v) is 8.96. The van der Waals surface area contributed by atoms with Crippen LogP contribution < -0.4 is 4.90 Å². The molecule has 1 aliphatic heterocycles. The van der Waals surface area contributed by atoms with E-state index >= 15 is 0 Å². The van der Waals surface area contributed by atoms with Gasteiger partial charge < -0.3 is 9.80 Å². The zero-order chi connectivity index (χ0) is 22.5. The van der Waals surface area contributed by atoms with Crippen LogP contribution >= 0.6 is 11.5 Å². The normalized spacial score (nSPS) is 14.2. The molecule has 5 rings (SSSR count). The van der Waals surface area contributed by atoms with Gasteiger partial charge in [0.1, 0.15) is 5.82 Å². The number of rotatable bonds is 5. The molecule has 1 fully saturated rings. The highest BCUT2D eigenvalue weighted by Crippen LogP contribution is 2.22. The first-order valence-corrected chi connectivity index (χ1v) is 12.1.